The minimum Gasteiger partial charge on any atom is -0.381 e. The summed E-state index contributed by atoms with van der Waals surface area (Å²) in [6.45, 7) is 3.95. The van der Waals surface area contributed by atoms with Gasteiger partial charge in [0.1, 0.15) is 5.01 Å². The molecule has 13 heavy (non-hydrogen) atoms. The molecule has 2 rings (SSSR count). The van der Waals surface area contributed by atoms with Crippen LogP contribution in [0, 0.1) is 9.75 Å². The highest BCUT2D eigenvalue weighted by Crippen LogP contribution is 2.32. The van der Waals surface area contributed by atoms with Crippen LogP contribution in [0.1, 0.15) is 24.3 Å². The van der Waals surface area contributed by atoms with Gasteiger partial charge in [-0.15, -0.1) is 0 Å². The molecule has 0 amide bonds. The smallest absolute Gasteiger partial charge is 0.203 e. The molecule has 2 heterocycles. The van der Waals surface area contributed by atoms with Gasteiger partial charge in [-0.2, -0.15) is 4.37 Å². The van der Waals surface area contributed by atoms with Crippen LogP contribution in [0.25, 0.3) is 0 Å². The average Bonchev–Trinajstić information content (AvgIpc) is 2.53. The van der Waals surface area contributed by atoms with E-state index in [2.05, 4.69) is 38.9 Å². The van der Waals surface area contributed by atoms with E-state index in [1.54, 1.807) is 0 Å². The number of nitrogens with zero attached hydrogens (tertiary/aromatic N) is 2. The first kappa shape index (κ1) is 9.79. The van der Waals surface area contributed by atoms with Gasteiger partial charge in [0.05, 0.1) is 0 Å². The number of halogens is 1. The predicted octanol–water partition coefficient (Wildman–Crippen LogP) is 2.28. The van der Waals surface area contributed by atoms with Crippen LogP contribution >= 0.6 is 34.1 Å². The molecular weight excluding hydrogens is 299 g/mol. The summed E-state index contributed by atoms with van der Waals surface area (Å²) in [4.78, 5) is 4.42. The second-order valence-corrected chi connectivity index (χ2v) is 5.10. The van der Waals surface area contributed by atoms with Crippen molar-refractivity contribution in [1.82, 2.24) is 9.36 Å². The van der Waals surface area contributed by atoms with Crippen molar-refractivity contribution in [3.05, 3.63) is 8.84 Å². The average molecular weight is 310 g/mol. The maximum absolute atomic E-state index is 5.39. The summed E-state index contributed by atoms with van der Waals surface area (Å²) in [6, 6.07) is 0. The molecule has 0 spiro atoms. The second kappa shape index (κ2) is 4.18. The Balaban J connectivity index is 2.14. The van der Waals surface area contributed by atoms with Crippen molar-refractivity contribution < 1.29 is 4.74 Å². The molecule has 0 saturated carbocycles. The molecule has 0 aliphatic carbocycles. The van der Waals surface area contributed by atoms with Gasteiger partial charge in [-0.25, -0.2) is 4.98 Å². The largest absolute Gasteiger partial charge is 0.381 e. The Labute approximate surface area is 95.2 Å². The molecule has 72 valence electrons. The molecule has 0 N–H and O–H groups in total. The molecule has 1 aliphatic rings. The van der Waals surface area contributed by atoms with Crippen molar-refractivity contribution in [2.24, 2.45) is 5.92 Å². The van der Waals surface area contributed by atoms with Crippen LogP contribution < -0.4 is 0 Å². The number of aromatic nitrogens is 2. The molecule has 1 aromatic heterocycles. The molecular formula is C8H11IN2OS. The van der Waals surface area contributed by atoms with E-state index in [1.165, 1.54) is 16.5 Å². The van der Waals surface area contributed by atoms with Crippen LogP contribution in [-0.4, -0.2) is 22.6 Å². The van der Waals surface area contributed by atoms with Gasteiger partial charge in [0, 0.05) is 41.7 Å². The number of rotatable bonds is 1. The molecule has 2 atom stereocenters. The quantitative estimate of drug-likeness (QED) is 0.747. The van der Waals surface area contributed by atoms with Crippen molar-refractivity contribution in [2.75, 3.05) is 13.2 Å². The van der Waals surface area contributed by atoms with Gasteiger partial charge in [-0.1, -0.05) is 6.92 Å². The molecule has 1 aliphatic heterocycles. The molecule has 3 nitrogen and oxygen atoms in total. The molecule has 1 fully saturated rings. The fourth-order valence-electron chi connectivity index (χ4n) is 1.61. The lowest BCUT2D eigenvalue weighted by Gasteiger charge is -2.26. The zero-order chi connectivity index (χ0) is 9.26. The normalized spacial score (nSPS) is 29.1. The van der Waals surface area contributed by atoms with Crippen LogP contribution in [-0.2, 0) is 4.74 Å². The monoisotopic (exact) mass is 310 g/mol. The van der Waals surface area contributed by atoms with Gasteiger partial charge in [-0.3, -0.25) is 0 Å². The van der Waals surface area contributed by atoms with E-state index in [1.807, 2.05) is 0 Å². The third-order valence-corrected chi connectivity index (χ3v) is 4.03. The Bertz CT molecular complexity index is 291. The molecule has 1 aromatic rings. The van der Waals surface area contributed by atoms with Crippen molar-refractivity contribution in [1.29, 1.82) is 0 Å². The second-order valence-electron chi connectivity index (χ2n) is 3.35. The van der Waals surface area contributed by atoms with Crippen LogP contribution in [0.2, 0.25) is 0 Å². The van der Waals surface area contributed by atoms with E-state index in [-0.39, 0.29) is 0 Å². The zero-order valence-corrected chi connectivity index (χ0v) is 10.3. The fraction of sp³-hybridized carbons (Fsp3) is 0.750. The Kier molecular flexibility index (Phi) is 3.15. The van der Waals surface area contributed by atoms with E-state index in [9.17, 15) is 0 Å². The van der Waals surface area contributed by atoms with Crippen molar-refractivity contribution >= 4 is 34.1 Å². The molecule has 0 radical (unpaired) electrons. The summed E-state index contributed by atoms with van der Waals surface area (Å²) in [5.74, 6) is 1.15. The SMILES string of the molecule is CC1COCCC1c1nc(I)ns1. The van der Waals surface area contributed by atoms with Crippen molar-refractivity contribution in [2.45, 2.75) is 19.3 Å². The van der Waals surface area contributed by atoms with Crippen LogP contribution in [0.15, 0.2) is 0 Å². The van der Waals surface area contributed by atoms with Gasteiger partial charge >= 0.3 is 0 Å². The third kappa shape index (κ3) is 2.19. The number of hydrogen-bond donors (Lipinski definition) is 0. The Morgan fingerprint density at radius 1 is 1.62 bits per heavy atom. The van der Waals surface area contributed by atoms with Crippen molar-refractivity contribution in [3.63, 3.8) is 0 Å². The maximum atomic E-state index is 5.39. The standard InChI is InChI=1S/C8H11IN2OS/c1-5-4-12-3-2-6(5)7-10-8(9)11-13-7/h5-6H,2-4H2,1H3. The molecule has 0 aromatic carbocycles. The Morgan fingerprint density at radius 2 is 2.46 bits per heavy atom. The van der Waals surface area contributed by atoms with Crippen molar-refractivity contribution in [3.8, 4) is 0 Å². The summed E-state index contributed by atoms with van der Waals surface area (Å²) in [6.07, 6.45) is 1.09. The highest BCUT2D eigenvalue weighted by molar-refractivity contribution is 14.1. The first-order valence-corrected chi connectivity index (χ1v) is 6.19. The van der Waals surface area contributed by atoms with Gasteiger partial charge in [0.15, 0.2) is 0 Å². The van der Waals surface area contributed by atoms with Gasteiger partial charge in [-0.05, 0) is 23.9 Å². The van der Waals surface area contributed by atoms with Crippen LogP contribution in [0.3, 0.4) is 0 Å². The Hall–Kier alpha value is 0.250. The first-order chi connectivity index (χ1) is 6.27. The lowest BCUT2D eigenvalue weighted by molar-refractivity contribution is 0.0472. The summed E-state index contributed by atoms with van der Waals surface area (Å²) >= 11 is 3.70. The minimum absolute atomic E-state index is 0.565. The molecule has 2 unspecified atom stereocenters. The lowest BCUT2D eigenvalue weighted by atomic mass is 9.91. The fourth-order valence-corrected chi connectivity index (χ4v) is 3.16. The highest BCUT2D eigenvalue weighted by Gasteiger charge is 2.26. The number of ether oxygens (including phenoxy) is 1. The third-order valence-electron chi connectivity index (χ3n) is 2.37. The zero-order valence-electron chi connectivity index (χ0n) is 7.36. The van der Waals surface area contributed by atoms with Gasteiger partial charge in [0.25, 0.3) is 0 Å². The summed E-state index contributed by atoms with van der Waals surface area (Å²) < 4.78 is 10.5. The molecule has 0 bridgehead atoms. The van der Waals surface area contributed by atoms with Gasteiger partial charge in [0.2, 0.25) is 3.83 Å². The predicted molar refractivity (Wildman–Crippen MR) is 60.0 cm³/mol. The highest BCUT2D eigenvalue weighted by atomic mass is 127. The Morgan fingerprint density at radius 3 is 3.08 bits per heavy atom. The lowest BCUT2D eigenvalue weighted by Crippen LogP contribution is -2.23. The van der Waals surface area contributed by atoms with Crippen LogP contribution in [0.5, 0.6) is 0 Å². The van der Waals surface area contributed by atoms with E-state index >= 15 is 0 Å². The summed E-state index contributed by atoms with van der Waals surface area (Å²) in [7, 11) is 0. The number of hydrogen-bond acceptors (Lipinski definition) is 4. The molecule has 5 heteroatoms. The van der Waals surface area contributed by atoms with E-state index in [4.69, 9.17) is 4.74 Å². The topological polar surface area (TPSA) is 35.0 Å². The minimum atomic E-state index is 0.565. The summed E-state index contributed by atoms with van der Waals surface area (Å²) in [5, 5.41) is 1.18. The van der Waals surface area contributed by atoms with Crippen LogP contribution in [0.4, 0.5) is 0 Å². The summed E-state index contributed by atoms with van der Waals surface area (Å²) in [5.41, 5.74) is 0. The van der Waals surface area contributed by atoms with E-state index < -0.39 is 0 Å². The molecule has 1 saturated heterocycles. The van der Waals surface area contributed by atoms with E-state index in [0.717, 1.165) is 23.5 Å². The maximum Gasteiger partial charge on any atom is 0.203 e. The van der Waals surface area contributed by atoms with E-state index in [0.29, 0.717) is 11.8 Å². The first-order valence-electron chi connectivity index (χ1n) is 4.34. The van der Waals surface area contributed by atoms with Gasteiger partial charge < -0.3 is 4.74 Å².